The summed E-state index contributed by atoms with van der Waals surface area (Å²) in [6, 6.07) is 3.15. The Labute approximate surface area is 112 Å². The van der Waals surface area contributed by atoms with Crippen LogP contribution in [0, 0.1) is 5.92 Å². The third kappa shape index (κ3) is 5.85. The number of aromatic nitrogens is 1. The van der Waals surface area contributed by atoms with E-state index < -0.39 is 0 Å². The summed E-state index contributed by atoms with van der Waals surface area (Å²) in [4.78, 5) is 26.9. The number of nitrogens with zero attached hydrogens (tertiary/aromatic N) is 1. The van der Waals surface area contributed by atoms with Gasteiger partial charge in [0.2, 0.25) is 5.91 Å². The lowest BCUT2D eigenvalue weighted by atomic mass is 10.2. The number of hydrogen-bond acceptors (Lipinski definition) is 4. The zero-order valence-electron chi connectivity index (χ0n) is 11.3. The van der Waals surface area contributed by atoms with Crippen molar-refractivity contribution in [3.63, 3.8) is 0 Å². The fourth-order valence-corrected chi connectivity index (χ4v) is 1.34. The number of anilines is 1. The van der Waals surface area contributed by atoms with Crippen molar-refractivity contribution in [1.29, 1.82) is 0 Å². The summed E-state index contributed by atoms with van der Waals surface area (Å²) in [5, 5.41) is 5.44. The van der Waals surface area contributed by atoms with Gasteiger partial charge in [-0.15, -0.1) is 0 Å². The van der Waals surface area contributed by atoms with Crippen molar-refractivity contribution in [1.82, 2.24) is 15.6 Å². The number of nitrogen functional groups attached to an aromatic ring is 1. The first kappa shape index (κ1) is 14.9. The highest BCUT2D eigenvalue weighted by Crippen LogP contribution is 2.00. The Kier molecular flexibility index (Phi) is 5.78. The van der Waals surface area contributed by atoms with Crippen LogP contribution in [0.3, 0.4) is 0 Å². The van der Waals surface area contributed by atoms with E-state index in [-0.39, 0.29) is 18.2 Å². The average molecular weight is 264 g/mol. The van der Waals surface area contributed by atoms with Crippen LogP contribution in [0.5, 0.6) is 0 Å². The lowest BCUT2D eigenvalue weighted by Gasteiger charge is -2.08. The molecule has 0 fully saturated rings. The minimum absolute atomic E-state index is 0.0653. The van der Waals surface area contributed by atoms with Crippen molar-refractivity contribution >= 4 is 17.6 Å². The molecule has 19 heavy (non-hydrogen) atoms. The van der Waals surface area contributed by atoms with Crippen molar-refractivity contribution in [3.8, 4) is 0 Å². The van der Waals surface area contributed by atoms with E-state index in [0.717, 1.165) is 0 Å². The molecule has 0 unspecified atom stereocenters. The lowest BCUT2D eigenvalue weighted by molar-refractivity contribution is -0.121. The van der Waals surface area contributed by atoms with Crippen LogP contribution in [0.15, 0.2) is 18.3 Å². The van der Waals surface area contributed by atoms with Gasteiger partial charge in [0.15, 0.2) is 0 Å². The number of amides is 2. The Bertz CT molecular complexity index is 429. The van der Waals surface area contributed by atoms with E-state index in [2.05, 4.69) is 15.6 Å². The maximum atomic E-state index is 11.7. The molecule has 0 saturated heterocycles. The number of nitrogens with one attached hydrogen (secondary N) is 2. The van der Waals surface area contributed by atoms with Gasteiger partial charge in [-0.05, 0) is 18.1 Å². The molecule has 0 spiro atoms. The van der Waals surface area contributed by atoms with Crippen LogP contribution in [0.4, 0.5) is 5.82 Å². The second-order valence-electron chi connectivity index (χ2n) is 4.68. The van der Waals surface area contributed by atoms with Gasteiger partial charge in [-0.3, -0.25) is 9.59 Å². The summed E-state index contributed by atoms with van der Waals surface area (Å²) in [6.07, 6.45) is 1.67. The van der Waals surface area contributed by atoms with Crippen LogP contribution in [-0.4, -0.2) is 29.9 Å². The van der Waals surface area contributed by atoms with Crippen molar-refractivity contribution in [2.45, 2.75) is 20.3 Å². The topological polar surface area (TPSA) is 97.1 Å². The Morgan fingerprint density at radius 2 is 2.05 bits per heavy atom. The number of nitrogens with two attached hydrogens (primary N) is 1. The summed E-state index contributed by atoms with van der Waals surface area (Å²) in [5.74, 6) is 0.456. The first-order valence-electron chi connectivity index (χ1n) is 6.25. The van der Waals surface area contributed by atoms with Crippen molar-refractivity contribution in [2.75, 3.05) is 18.8 Å². The molecule has 1 rings (SSSR count). The molecule has 0 saturated carbocycles. The van der Waals surface area contributed by atoms with Gasteiger partial charge < -0.3 is 16.4 Å². The number of hydrogen-bond donors (Lipinski definition) is 3. The molecule has 1 aromatic heterocycles. The molecule has 0 aliphatic carbocycles. The third-order valence-corrected chi connectivity index (χ3v) is 2.39. The SMILES string of the molecule is CC(C)CNC(=O)CCNC(=O)c1ccc(N)nc1. The first-order chi connectivity index (χ1) is 8.99. The quantitative estimate of drug-likeness (QED) is 0.699. The highest BCUT2D eigenvalue weighted by atomic mass is 16.2. The molecule has 0 radical (unpaired) electrons. The van der Waals surface area contributed by atoms with Crippen molar-refractivity contribution < 1.29 is 9.59 Å². The van der Waals surface area contributed by atoms with Gasteiger partial charge in [0.1, 0.15) is 5.82 Å². The average Bonchev–Trinajstić information content (AvgIpc) is 2.37. The van der Waals surface area contributed by atoms with Gasteiger partial charge in [0.25, 0.3) is 5.91 Å². The second kappa shape index (κ2) is 7.35. The summed E-state index contributed by atoms with van der Waals surface area (Å²) >= 11 is 0. The third-order valence-electron chi connectivity index (χ3n) is 2.39. The molecular weight excluding hydrogens is 244 g/mol. The van der Waals surface area contributed by atoms with Crippen molar-refractivity contribution in [3.05, 3.63) is 23.9 Å². The highest BCUT2D eigenvalue weighted by Gasteiger charge is 2.07. The molecule has 6 nitrogen and oxygen atoms in total. The lowest BCUT2D eigenvalue weighted by Crippen LogP contribution is -2.32. The molecule has 1 heterocycles. The van der Waals surface area contributed by atoms with E-state index in [9.17, 15) is 9.59 Å². The van der Waals surface area contributed by atoms with Gasteiger partial charge in [-0.1, -0.05) is 13.8 Å². The summed E-state index contributed by atoms with van der Waals surface area (Å²) in [6.45, 7) is 4.99. The van der Waals surface area contributed by atoms with Gasteiger partial charge in [-0.25, -0.2) is 4.98 Å². The predicted molar refractivity (Wildman–Crippen MR) is 73.4 cm³/mol. The highest BCUT2D eigenvalue weighted by molar-refractivity contribution is 5.94. The summed E-state index contributed by atoms with van der Waals surface area (Å²) in [7, 11) is 0. The van der Waals surface area contributed by atoms with Crippen LogP contribution in [-0.2, 0) is 4.79 Å². The molecule has 2 amide bonds. The van der Waals surface area contributed by atoms with Crippen LogP contribution in [0.25, 0.3) is 0 Å². The number of rotatable bonds is 6. The Hall–Kier alpha value is -2.11. The second-order valence-corrected chi connectivity index (χ2v) is 4.68. The fraction of sp³-hybridized carbons (Fsp3) is 0.462. The Balaban J connectivity index is 2.27. The molecule has 0 atom stereocenters. The largest absolute Gasteiger partial charge is 0.384 e. The zero-order chi connectivity index (χ0) is 14.3. The van der Waals surface area contributed by atoms with Crippen molar-refractivity contribution in [2.24, 2.45) is 5.92 Å². The molecule has 0 aromatic carbocycles. The first-order valence-corrected chi connectivity index (χ1v) is 6.25. The van der Waals surface area contributed by atoms with Crippen LogP contribution in [0.1, 0.15) is 30.6 Å². The maximum absolute atomic E-state index is 11.7. The van der Waals surface area contributed by atoms with E-state index >= 15 is 0 Å². The molecule has 4 N–H and O–H groups in total. The number of carbonyl (C=O) groups excluding carboxylic acids is 2. The zero-order valence-corrected chi connectivity index (χ0v) is 11.3. The summed E-state index contributed by atoms with van der Waals surface area (Å²) in [5.41, 5.74) is 5.86. The standard InChI is InChI=1S/C13H20N4O2/c1-9(2)7-17-12(18)5-6-15-13(19)10-3-4-11(14)16-8-10/h3-4,8-9H,5-7H2,1-2H3,(H2,14,16)(H,15,19)(H,17,18). The van der Waals surface area contributed by atoms with E-state index in [1.165, 1.54) is 6.20 Å². The molecule has 0 bridgehead atoms. The van der Waals surface area contributed by atoms with E-state index in [0.29, 0.717) is 30.4 Å². The van der Waals surface area contributed by atoms with E-state index in [1.54, 1.807) is 12.1 Å². The monoisotopic (exact) mass is 264 g/mol. The molecule has 0 aliphatic heterocycles. The summed E-state index contributed by atoms with van der Waals surface area (Å²) < 4.78 is 0. The molecular formula is C13H20N4O2. The molecule has 0 aliphatic rings. The van der Waals surface area contributed by atoms with Crippen LogP contribution >= 0.6 is 0 Å². The smallest absolute Gasteiger partial charge is 0.252 e. The van der Waals surface area contributed by atoms with Gasteiger partial charge in [-0.2, -0.15) is 0 Å². The van der Waals surface area contributed by atoms with Crippen LogP contribution < -0.4 is 16.4 Å². The fourth-order valence-electron chi connectivity index (χ4n) is 1.34. The van der Waals surface area contributed by atoms with Gasteiger partial charge >= 0.3 is 0 Å². The normalized spacial score (nSPS) is 10.3. The number of carbonyl (C=O) groups is 2. The molecule has 1 aromatic rings. The van der Waals surface area contributed by atoms with Gasteiger partial charge in [0, 0.05) is 25.7 Å². The minimum Gasteiger partial charge on any atom is -0.384 e. The van der Waals surface area contributed by atoms with E-state index in [1.807, 2.05) is 13.8 Å². The maximum Gasteiger partial charge on any atom is 0.252 e. The Morgan fingerprint density at radius 1 is 1.32 bits per heavy atom. The molecule has 6 heteroatoms. The van der Waals surface area contributed by atoms with Crippen LogP contribution in [0.2, 0.25) is 0 Å². The molecule has 104 valence electrons. The minimum atomic E-state index is -0.260. The van der Waals surface area contributed by atoms with E-state index in [4.69, 9.17) is 5.73 Å². The predicted octanol–water partition coefficient (Wildman–Crippen LogP) is 0.556. The van der Waals surface area contributed by atoms with Gasteiger partial charge in [0.05, 0.1) is 5.56 Å². The Morgan fingerprint density at radius 3 is 2.63 bits per heavy atom. The number of pyridine rings is 1.